The van der Waals surface area contributed by atoms with Crippen LogP contribution in [0.4, 0.5) is 0 Å². The molecule has 0 spiro atoms. The molecule has 0 bridgehead atoms. The molecule has 0 radical (unpaired) electrons. The van der Waals surface area contributed by atoms with Crippen molar-refractivity contribution >= 4 is 27.4 Å². The largest absolute Gasteiger partial charge is 0.481 e. The van der Waals surface area contributed by atoms with E-state index in [1.165, 1.54) is 26.1 Å². The lowest BCUT2D eigenvalue weighted by molar-refractivity contribution is -0.141. The molecule has 1 aromatic carbocycles. The van der Waals surface area contributed by atoms with E-state index < -0.39 is 5.97 Å². The van der Waals surface area contributed by atoms with Gasteiger partial charge in [0.1, 0.15) is 0 Å². The molecule has 0 aliphatic heterocycles. The Bertz CT molecular complexity index is 583. The number of fused-ring (bicyclic) bond motifs is 3. The van der Waals surface area contributed by atoms with Crippen molar-refractivity contribution in [2.75, 3.05) is 0 Å². The molecule has 0 amide bonds. The van der Waals surface area contributed by atoms with Crippen molar-refractivity contribution < 1.29 is 9.90 Å². The van der Waals surface area contributed by atoms with Gasteiger partial charge in [0.05, 0.1) is 5.92 Å². The van der Waals surface area contributed by atoms with Crippen molar-refractivity contribution in [2.45, 2.75) is 19.8 Å². The lowest BCUT2D eigenvalue weighted by atomic mass is 10.0. The highest BCUT2D eigenvalue weighted by Gasteiger charge is 2.30. The summed E-state index contributed by atoms with van der Waals surface area (Å²) in [6.07, 6.45) is 1.41. The number of carboxylic acids is 1. The molecule has 0 saturated carbocycles. The van der Waals surface area contributed by atoms with Crippen LogP contribution in [-0.4, -0.2) is 11.1 Å². The van der Waals surface area contributed by atoms with Gasteiger partial charge in [0, 0.05) is 9.58 Å². The van der Waals surface area contributed by atoms with E-state index in [2.05, 4.69) is 25.1 Å². The SMILES string of the molecule is Cc1ccc2sc3c(c2c1)CC(C(=O)O)C3. The van der Waals surface area contributed by atoms with Crippen molar-refractivity contribution in [3.05, 3.63) is 34.2 Å². The second-order valence-electron chi connectivity index (χ2n) is 4.45. The summed E-state index contributed by atoms with van der Waals surface area (Å²) in [5.74, 6) is -0.865. The number of aryl methyl sites for hydroxylation is 1. The predicted octanol–water partition coefficient (Wildman–Crippen LogP) is 3.01. The summed E-state index contributed by atoms with van der Waals surface area (Å²) in [5, 5.41) is 10.3. The molecule has 2 nitrogen and oxygen atoms in total. The molecule has 2 aromatic rings. The number of aliphatic carboxylic acids is 1. The lowest BCUT2D eigenvalue weighted by Gasteiger charge is -2.01. The summed E-state index contributed by atoms with van der Waals surface area (Å²) in [5.41, 5.74) is 2.52. The van der Waals surface area contributed by atoms with E-state index in [4.69, 9.17) is 5.11 Å². The summed E-state index contributed by atoms with van der Waals surface area (Å²) in [6.45, 7) is 2.08. The van der Waals surface area contributed by atoms with E-state index >= 15 is 0 Å². The normalized spacial score (nSPS) is 18.9. The van der Waals surface area contributed by atoms with Crippen molar-refractivity contribution in [3.63, 3.8) is 0 Å². The fourth-order valence-electron chi connectivity index (χ4n) is 2.42. The van der Waals surface area contributed by atoms with Crippen LogP contribution in [0.1, 0.15) is 16.0 Å². The number of hydrogen-bond acceptors (Lipinski definition) is 2. The van der Waals surface area contributed by atoms with E-state index in [0.29, 0.717) is 12.8 Å². The molecule has 16 heavy (non-hydrogen) atoms. The Labute approximate surface area is 97.5 Å². The molecule has 82 valence electrons. The third kappa shape index (κ3) is 1.35. The molecule has 0 saturated heterocycles. The molecule has 1 aliphatic carbocycles. The van der Waals surface area contributed by atoms with Gasteiger partial charge in [-0.15, -0.1) is 11.3 Å². The molecular formula is C13H12O2S. The van der Waals surface area contributed by atoms with Crippen molar-refractivity contribution in [3.8, 4) is 0 Å². The lowest BCUT2D eigenvalue weighted by Crippen LogP contribution is -2.13. The number of carbonyl (C=O) groups is 1. The molecule has 3 heteroatoms. The topological polar surface area (TPSA) is 37.3 Å². The van der Waals surface area contributed by atoms with Crippen molar-refractivity contribution in [2.24, 2.45) is 5.92 Å². The van der Waals surface area contributed by atoms with Gasteiger partial charge >= 0.3 is 5.97 Å². The Kier molecular flexibility index (Phi) is 2.04. The Morgan fingerprint density at radius 2 is 2.25 bits per heavy atom. The van der Waals surface area contributed by atoms with Crippen LogP contribution >= 0.6 is 11.3 Å². The Morgan fingerprint density at radius 1 is 1.44 bits per heavy atom. The van der Waals surface area contributed by atoms with Crippen molar-refractivity contribution in [1.29, 1.82) is 0 Å². The average molecular weight is 232 g/mol. The summed E-state index contributed by atoms with van der Waals surface area (Å²) < 4.78 is 1.29. The van der Waals surface area contributed by atoms with Gasteiger partial charge in [-0.3, -0.25) is 4.79 Å². The Morgan fingerprint density at radius 3 is 3.00 bits per heavy atom. The first-order chi connectivity index (χ1) is 7.65. The van der Waals surface area contributed by atoms with Crippen LogP contribution in [0.2, 0.25) is 0 Å². The van der Waals surface area contributed by atoms with E-state index in [-0.39, 0.29) is 5.92 Å². The van der Waals surface area contributed by atoms with Crippen LogP contribution in [-0.2, 0) is 17.6 Å². The Hall–Kier alpha value is -1.35. The molecule has 1 unspecified atom stereocenters. The quantitative estimate of drug-likeness (QED) is 0.820. The van der Waals surface area contributed by atoms with E-state index in [1.54, 1.807) is 11.3 Å². The number of thiophene rings is 1. The number of rotatable bonds is 1. The average Bonchev–Trinajstić information content (AvgIpc) is 2.75. The summed E-state index contributed by atoms with van der Waals surface area (Å²) in [7, 11) is 0. The maximum Gasteiger partial charge on any atom is 0.307 e. The van der Waals surface area contributed by atoms with Gasteiger partial charge in [0.25, 0.3) is 0 Å². The zero-order valence-electron chi connectivity index (χ0n) is 8.99. The first-order valence-electron chi connectivity index (χ1n) is 5.39. The third-order valence-electron chi connectivity index (χ3n) is 3.26. The number of hydrogen-bond donors (Lipinski definition) is 1. The minimum absolute atomic E-state index is 0.203. The number of benzene rings is 1. The molecular weight excluding hydrogens is 220 g/mol. The Balaban J connectivity index is 2.13. The van der Waals surface area contributed by atoms with Crippen LogP contribution in [0.3, 0.4) is 0 Å². The second kappa shape index (κ2) is 3.32. The molecule has 1 N–H and O–H groups in total. The van der Waals surface area contributed by atoms with Crippen LogP contribution in [0.25, 0.3) is 10.1 Å². The van der Waals surface area contributed by atoms with Gasteiger partial charge in [-0.25, -0.2) is 0 Å². The predicted molar refractivity (Wildman–Crippen MR) is 65.1 cm³/mol. The van der Waals surface area contributed by atoms with Gasteiger partial charge in [-0.1, -0.05) is 17.7 Å². The van der Waals surface area contributed by atoms with Gasteiger partial charge in [0.2, 0.25) is 0 Å². The minimum Gasteiger partial charge on any atom is -0.481 e. The summed E-state index contributed by atoms with van der Waals surface area (Å²) in [6, 6.07) is 6.43. The van der Waals surface area contributed by atoms with E-state index in [1.807, 2.05) is 0 Å². The highest BCUT2D eigenvalue weighted by molar-refractivity contribution is 7.19. The summed E-state index contributed by atoms with van der Waals surface area (Å²) in [4.78, 5) is 12.2. The van der Waals surface area contributed by atoms with E-state index in [9.17, 15) is 4.79 Å². The first kappa shape index (κ1) is 9.85. The fraction of sp³-hybridized carbons (Fsp3) is 0.308. The maximum atomic E-state index is 11.0. The third-order valence-corrected chi connectivity index (χ3v) is 4.50. The molecule has 1 heterocycles. The summed E-state index contributed by atoms with van der Waals surface area (Å²) >= 11 is 1.75. The zero-order valence-corrected chi connectivity index (χ0v) is 9.80. The van der Waals surface area contributed by atoms with Gasteiger partial charge in [-0.05, 0) is 36.8 Å². The van der Waals surface area contributed by atoms with Crippen LogP contribution < -0.4 is 0 Å². The van der Waals surface area contributed by atoms with Gasteiger partial charge in [0.15, 0.2) is 0 Å². The van der Waals surface area contributed by atoms with E-state index in [0.717, 1.165) is 0 Å². The van der Waals surface area contributed by atoms with Gasteiger partial charge in [-0.2, -0.15) is 0 Å². The molecule has 1 atom stereocenters. The maximum absolute atomic E-state index is 11.0. The monoisotopic (exact) mass is 232 g/mol. The first-order valence-corrected chi connectivity index (χ1v) is 6.20. The fourth-order valence-corrected chi connectivity index (χ4v) is 3.71. The molecule has 0 fully saturated rings. The standard InChI is InChI=1S/C13H12O2S/c1-7-2-3-11-9(4-7)10-5-8(13(14)15)6-12(10)16-11/h2-4,8H,5-6H2,1H3,(H,14,15). The van der Waals surface area contributed by atoms with Crippen LogP contribution in [0.5, 0.6) is 0 Å². The van der Waals surface area contributed by atoms with Crippen LogP contribution in [0.15, 0.2) is 18.2 Å². The smallest absolute Gasteiger partial charge is 0.307 e. The highest BCUT2D eigenvalue weighted by Crippen LogP contribution is 2.39. The molecule has 3 rings (SSSR count). The van der Waals surface area contributed by atoms with Gasteiger partial charge < -0.3 is 5.11 Å². The van der Waals surface area contributed by atoms with Crippen molar-refractivity contribution in [1.82, 2.24) is 0 Å². The van der Waals surface area contributed by atoms with Crippen LogP contribution in [0, 0.1) is 12.8 Å². The highest BCUT2D eigenvalue weighted by atomic mass is 32.1. The molecule has 1 aromatic heterocycles. The minimum atomic E-state index is -0.663. The zero-order chi connectivity index (χ0) is 11.3. The number of carboxylic acid groups (broad SMARTS) is 1. The second-order valence-corrected chi connectivity index (χ2v) is 5.58. The molecule has 1 aliphatic rings.